The third-order valence-electron chi connectivity index (χ3n) is 0.870. The van der Waals surface area contributed by atoms with Gasteiger partial charge in [0.15, 0.2) is 0 Å². The Labute approximate surface area is 75.9 Å². The Morgan fingerprint density at radius 2 is 1.62 bits per heavy atom. The second kappa shape index (κ2) is 3.05. The summed E-state index contributed by atoms with van der Waals surface area (Å²) < 4.78 is 2.77. The van der Waals surface area contributed by atoms with Crippen LogP contribution >= 0.6 is 22.6 Å². The van der Waals surface area contributed by atoms with Crippen molar-refractivity contribution in [3.63, 3.8) is 0 Å². The Kier molecular flexibility index (Phi) is 2.62. The van der Waals surface area contributed by atoms with Gasteiger partial charge >= 0.3 is 76.5 Å². The Morgan fingerprint density at radius 3 is 2.00 bits per heavy atom. The number of hydrogen-bond acceptors (Lipinski definition) is 0. The Bertz CT molecular complexity index is 147. The van der Waals surface area contributed by atoms with Crippen LogP contribution in [0.3, 0.4) is 0 Å². The molecule has 0 heterocycles. The Balaban J connectivity index is 3.03. The standard InChI is InChI=1S/C6H4I.Sn.H/c7-6-4-2-1-3-5-6;;/h2-5H;;. The molecule has 0 aliphatic carbocycles. The molecule has 0 saturated carbocycles. The van der Waals surface area contributed by atoms with Crippen LogP contribution in [0, 0.1) is 3.57 Å². The number of hydrogen-bond donors (Lipinski definition) is 0. The van der Waals surface area contributed by atoms with Gasteiger partial charge in [-0.1, -0.05) is 0 Å². The normalized spacial score (nSPS) is 9.25. The molecule has 0 unspecified atom stereocenters. The molecule has 1 aromatic rings. The van der Waals surface area contributed by atoms with E-state index in [0.29, 0.717) is 0 Å². The van der Waals surface area contributed by atoms with Gasteiger partial charge in [-0.25, -0.2) is 0 Å². The third kappa shape index (κ3) is 1.93. The zero-order valence-electron chi connectivity index (χ0n) is 4.26. The molecular weight excluding hydrogens is 318 g/mol. The van der Waals surface area contributed by atoms with E-state index in [1.165, 1.54) is 29.7 Å². The predicted octanol–water partition coefficient (Wildman–Crippen LogP) is 0.817. The van der Waals surface area contributed by atoms with Gasteiger partial charge in [0.25, 0.3) is 0 Å². The summed E-state index contributed by atoms with van der Waals surface area (Å²) in [6.07, 6.45) is 0. The van der Waals surface area contributed by atoms with Gasteiger partial charge < -0.3 is 0 Å². The van der Waals surface area contributed by atoms with E-state index < -0.39 is 0 Å². The first-order valence-electron chi connectivity index (χ1n) is 2.30. The van der Waals surface area contributed by atoms with Crippen molar-refractivity contribution in [1.82, 2.24) is 0 Å². The van der Waals surface area contributed by atoms with Crippen LogP contribution < -0.4 is 3.58 Å². The fourth-order valence-corrected chi connectivity index (χ4v) is 1.37. The van der Waals surface area contributed by atoms with Gasteiger partial charge in [0.05, 0.1) is 0 Å². The number of rotatable bonds is 0. The van der Waals surface area contributed by atoms with Crippen molar-refractivity contribution in [2.24, 2.45) is 0 Å². The summed E-state index contributed by atoms with van der Waals surface area (Å²) >= 11 is 3.54. The van der Waals surface area contributed by atoms with E-state index in [2.05, 4.69) is 46.9 Å². The molecule has 0 nitrogen and oxygen atoms in total. The summed E-state index contributed by atoms with van der Waals surface area (Å²) in [6.45, 7) is 0. The second-order valence-corrected chi connectivity index (χ2v) is 4.70. The van der Waals surface area contributed by atoms with Crippen molar-refractivity contribution in [3.05, 3.63) is 27.8 Å². The minimum atomic E-state index is 1.23. The summed E-state index contributed by atoms with van der Waals surface area (Å²) in [5.74, 6) is 0. The van der Waals surface area contributed by atoms with Crippen molar-refractivity contribution in [2.75, 3.05) is 0 Å². The average molecular weight is 323 g/mol. The van der Waals surface area contributed by atoms with Gasteiger partial charge in [0.1, 0.15) is 0 Å². The van der Waals surface area contributed by atoms with E-state index in [-0.39, 0.29) is 0 Å². The van der Waals surface area contributed by atoms with Crippen molar-refractivity contribution in [2.45, 2.75) is 0 Å². The molecule has 0 amide bonds. The van der Waals surface area contributed by atoms with E-state index in [1.54, 1.807) is 0 Å². The molecule has 2 radical (unpaired) electrons. The van der Waals surface area contributed by atoms with Crippen LogP contribution in [0.2, 0.25) is 0 Å². The van der Waals surface area contributed by atoms with Crippen LogP contribution in [-0.2, 0) is 0 Å². The fraction of sp³-hybridized carbons (Fsp3) is 0. The molecule has 1 rings (SSSR count). The second-order valence-electron chi connectivity index (χ2n) is 1.55. The third-order valence-corrected chi connectivity index (χ3v) is 2.69. The van der Waals surface area contributed by atoms with Crippen LogP contribution in [0.25, 0.3) is 0 Å². The van der Waals surface area contributed by atoms with Crippen LogP contribution in [0.4, 0.5) is 0 Å². The molecule has 0 aromatic heterocycles. The molecule has 2 heteroatoms. The Hall–Kier alpha value is 0.749. The van der Waals surface area contributed by atoms with Crippen molar-refractivity contribution in [1.29, 1.82) is 0 Å². The SMILES string of the molecule is [SnH][c]1ccc(I)cc1. The number of halogens is 1. The van der Waals surface area contributed by atoms with Gasteiger partial charge in [-0.2, -0.15) is 0 Å². The predicted molar refractivity (Wildman–Crippen MR) is 45.9 cm³/mol. The number of benzene rings is 1. The Morgan fingerprint density at radius 1 is 1.12 bits per heavy atom. The van der Waals surface area contributed by atoms with Crippen molar-refractivity contribution in [3.8, 4) is 0 Å². The molecule has 8 heavy (non-hydrogen) atoms. The molecule has 0 atom stereocenters. The maximum absolute atomic E-state index is 2.31. The molecule has 0 aliphatic heterocycles. The van der Waals surface area contributed by atoms with Crippen LogP contribution in [0.5, 0.6) is 0 Å². The van der Waals surface area contributed by atoms with E-state index >= 15 is 0 Å². The molecular formula is C6H5ISn. The molecule has 40 valence electrons. The summed E-state index contributed by atoms with van der Waals surface area (Å²) in [7, 11) is 0. The first-order valence-corrected chi connectivity index (χ1v) is 5.03. The van der Waals surface area contributed by atoms with Crippen LogP contribution in [-0.4, -0.2) is 22.5 Å². The zero-order chi connectivity index (χ0) is 5.98. The average Bonchev–Trinajstić information content (AvgIpc) is 1.77. The molecule has 0 aliphatic rings. The van der Waals surface area contributed by atoms with E-state index in [0.717, 1.165) is 0 Å². The molecule has 0 spiro atoms. The molecule has 0 bridgehead atoms. The van der Waals surface area contributed by atoms with Crippen molar-refractivity contribution >= 4 is 48.7 Å². The van der Waals surface area contributed by atoms with Crippen LogP contribution in [0.15, 0.2) is 24.3 Å². The maximum atomic E-state index is 2.31. The zero-order valence-corrected chi connectivity index (χ0v) is 9.72. The van der Waals surface area contributed by atoms with Crippen molar-refractivity contribution < 1.29 is 0 Å². The summed E-state index contributed by atoms with van der Waals surface area (Å²) in [6, 6.07) is 8.62. The summed E-state index contributed by atoms with van der Waals surface area (Å²) in [5.41, 5.74) is 0. The van der Waals surface area contributed by atoms with Gasteiger partial charge in [0, 0.05) is 0 Å². The molecule has 0 fully saturated rings. The minimum absolute atomic E-state index is 1.23. The van der Waals surface area contributed by atoms with Gasteiger partial charge in [0.2, 0.25) is 0 Å². The van der Waals surface area contributed by atoms with Crippen LogP contribution in [0.1, 0.15) is 0 Å². The summed E-state index contributed by atoms with van der Waals surface area (Å²) in [4.78, 5) is 0. The topological polar surface area (TPSA) is 0 Å². The van der Waals surface area contributed by atoms with Gasteiger partial charge in [-0.05, 0) is 0 Å². The van der Waals surface area contributed by atoms with Gasteiger partial charge in [-0.15, -0.1) is 0 Å². The fourth-order valence-electron chi connectivity index (χ4n) is 0.463. The van der Waals surface area contributed by atoms with E-state index in [9.17, 15) is 0 Å². The molecule has 0 saturated heterocycles. The van der Waals surface area contributed by atoms with E-state index in [1.807, 2.05) is 0 Å². The molecule has 1 aromatic carbocycles. The monoisotopic (exact) mass is 324 g/mol. The quantitative estimate of drug-likeness (QED) is 0.490. The first-order chi connectivity index (χ1) is 3.79. The van der Waals surface area contributed by atoms with E-state index in [4.69, 9.17) is 0 Å². The summed E-state index contributed by atoms with van der Waals surface area (Å²) in [5, 5.41) is 0. The first kappa shape index (κ1) is 6.86. The van der Waals surface area contributed by atoms with Gasteiger partial charge in [-0.3, -0.25) is 0 Å². The molecule has 0 N–H and O–H groups in total.